The average molecular weight is 315 g/mol. The van der Waals surface area contributed by atoms with Gasteiger partial charge in [-0.2, -0.15) is 13.2 Å². The fourth-order valence-corrected chi connectivity index (χ4v) is 1.61. The minimum absolute atomic E-state index is 0.0240. The Kier molecular flexibility index (Phi) is 4.40. The van der Waals surface area contributed by atoms with E-state index < -0.39 is 29.7 Å². The SMILES string of the molecule is Oc1ccc(C(F)(F)F)cc1C(O)C(O)CBr. The fourth-order valence-electron chi connectivity index (χ4n) is 1.26. The highest BCUT2D eigenvalue weighted by Crippen LogP contribution is 2.35. The lowest BCUT2D eigenvalue weighted by molar-refractivity contribution is -0.137. The predicted molar refractivity (Wildman–Crippen MR) is 57.9 cm³/mol. The minimum atomic E-state index is -4.57. The summed E-state index contributed by atoms with van der Waals surface area (Å²) >= 11 is 2.88. The Bertz CT molecular complexity index is 395. The lowest BCUT2D eigenvalue weighted by Crippen LogP contribution is -2.20. The average Bonchev–Trinajstić information content (AvgIpc) is 2.26. The number of phenolic OH excluding ortho intramolecular Hbond substituents is 1. The van der Waals surface area contributed by atoms with Crippen molar-refractivity contribution in [3.63, 3.8) is 0 Å². The largest absolute Gasteiger partial charge is 0.508 e. The molecule has 0 spiro atoms. The molecule has 0 aliphatic heterocycles. The van der Waals surface area contributed by atoms with Crippen LogP contribution >= 0.6 is 15.9 Å². The van der Waals surface area contributed by atoms with Crippen molar-refractivity contribution in [3.8, 4) is 5.75 Å². The molecule has 0 heterocycles. The zero-order valence-corrected chi connectivity index (χ0v) is 10.0. The van der Waals surface area contributed by atoms with Crippen LogP contribution in [0.1, 0.15) is 17.2 Å². The van der Waals surface area contributed by atoms with Gasteiger partial charge in [0, 0.05) is 10.9 Å². The van der Waals surface area contributed by atoms with Gasteiger partial charge in [0.05, 0.1) is 11.7 Å². The van der Waals surface area contributed by atoms with Crippen molar-refractivity contribution in [2.24, 2.45) is 0 Å². The Balaban J connectivity index is 3.15. The van der Waals surface area contributed by atoms with Gasteiger partial charge in [-0.05, 0) is 18.2 Å². The molecule has 1 aromatic carbocycles. The molecule has 3 nitrogen and oxygen atoms in total. The maximum Gasteiger partial charge on any atom is 0.416 e. The molecule has 0 saturated carbocycles. The first kappa shape index (κ1) is 14.3. The first-order valence-electron chi connectivity index (χ1n) is 4.59. The van der Waals surface area contributed by atoms with Crippen molar-refractivity contribution >= 4 is 15.9 Å². The first-order chi connectivity index (χ1) is 7.77. The van der Waals surface area contributed by atoms with Gasteiger partial charge in [0.2, 0.25) is 0 Å². The van der Waals surface area contributed by atoms with Gasteiger partial charge in [-0.1, -0.05) is 15.9 Å². The molecule has 0 aromatic heterocycles. The molecule has 0 fully saturated rings. The second-order valence-electron chi connectivity index (χ2n) is 3.44. The number of aliphatic hydroxyl groups is 2. The van der Waals surface area contributed by atoms with E-state index in [1.807, 2.05) is 0 Å². The lowest BCUT2D eigenvalue weighted by atomic mass is 10.0. The van der Waals surface area contributed by atoms with Crippen LogP contribution in [0.2, 0.25) is 0 Å². The summed E-state index contributed by atoms with van der Waals surface area (Å²) in [6.07, 6.45) is -7.46. The van der Waals surface area contributed by atoms with Gasteiger partial charge < -0.3 is 15.3 Å². The lowest BCUT2D eigenvalue weighted by Gasteiger charge is -2.18. The maximum atomic E-state index is 12.4. The van der Waals surface area contributed by atoms with Crippen LogP contribution in [-0.2, 0) is 6.18 Å². The molecule has 17 heavy (non-hydrogen) atoms. The second kappa shape index (κ2) is 5.24. The number of hydrogen-bond acceptors (Lipinski definition) is 3. The number of halogens is 4. The monoisotopic (exact) mass is 314 g/mol. The molecular formula is C10H10BrF3O3. The van der Waals surface area contributed by atoms with Crippen LogP contribution in [0, 0.1) is 0 Å². The summed E-state index contributed by atoms with van der Waals surface area (Å²) in [4.78, 5) is 0. The summed E-state index contributed by atoms with van der Waals surface area (Å²) < 4.78 is 37.2. The van der Waals surface area contributed by atoms with E-state index in [2.05, 4.69) is 15.9 Å². The molecule has 0 radical (unpaired) electrons. The summed E-state index contributed by atoms with van der Waals surface area (Å²) in [6, 6.07) is 2.15. The number of phenols is 1. The van der Waals surface area contributed by atoms with Crippen LogP contribution in [0.5, 0.6) is 5.75 Å². The van der Waals surface area contributed by atoms with Gasteiger partial charge in [0.1, 0.15) is 11.9 Å². The zero-order chi connectivity index (χ0) is 13.2. The maximum absolute atomic E-state index is 12.4. The van der Waals surface area contributed by atoms with Crippen molar-refractivity contribution < 1.29 is 28.5 Å². The molecule has 1 rings (SSSR count). The van der Waals surface area contributed by atoms with Crippen molar-refractivity contribution in [1.29, 1.82) is 0 Å². The summed E-state index contributed by atoms with van der Waals surface area (Å²) in [7, 11) is 0. The molecule has 0 aliphatic rings. The summed E-state index contributed by atoms with van der Waals surface area (Å²) in [5.74, 6) is -0.495. The minimum Gasteiger partial charge on any atom is -0.508 e. The quantitative estimate of drug-likeness (QED) is 0.750. The van der Waals surface area contributed by atoms with Gasteiger partial charge in [-0.3, -0.25) is 0 Å². The molecule has 2 atom stereocenters. The number of aromatic hydroxyl groups is 1. The fraction of sp³-hybridized carbons (Fsp3) is 0.400. The second-order valence-corrected chi connectivity index (χ2v) is 4.09. The molecule has 7 heteroatoms. The Labute approximate surface area is 104 Å². The summed E-state index contributed by atoms with van der Waals surface area (Å²) in [5.41, 5.74) is -1.35. The van der Waals surface area contributed by atoms with E-state index in [4.69, 9.17) is 0 Å². The smallest absolute Gasteiger partial charge is 0.416 e. The van der Waals surface area contributed by atoms with Gasteiger partial charge in [-0.25, -0.2) is 0 Å². The number of rotatable bonds is 3. The molecule has 2 unspecified atom stereocenters. The van der Waals surface area contributed by atoms with Crippen LogP contribution in [0.4, 0.5) is 13.2 Å². The van der Waals surface area contributed by atoms with E-state index in [9.17, 15) is 28.5 Å². The molecule has 96 valence electrons. The van der Waals surface area contributed by atoms with E-state index in [1.54, 1.807) is 0 Å². The van der Waals surface area contributed by atoms with Gasteiger partial charge in [-0.15, -0.1) is 0 Å². The molecule has 0 saturated heterocycles. The molecule has 1 aromatic rings. The number of alkyl halides is 4. The molecule has 0 bridgehead atoms. The van der Waals surface area contributed by atoms with E-state index in [0.29, 0.717) is 12.1 Å². The number of benzene rings is 1. The van der Waals surface area contributed by atoms with Gasteiger partial charge in [0.25, 0.3) is 0 Å². The highest BCUT2D eigenvalue weighted by molar-refractivity contribution is 9.09. The molecule has 0 amide bonds. The Morgan fingerprint density at radius 3 is 2.29 bits per heavy atom. The third kappa shape index (κ3) is 3.34. The molecule has 0 aliphatic carbocycles. The topological polar surface area (TPSA) is 60.7 Å². The van der Waals surface area contributed by atoms with Gasteiger partial charge >= 0.3 is 6.18 Å². The van der Waals surface area contributed by atoms with Crippen LogP contribution in [0.25, 0.3) is 0 Å². The van der Waals surface area contributed by atoms with E-state index >= 15 is 0 Å². The third-order valence-corrected chi connectivity index (χ3v) is 2.86. The zero-order valence-electron chi connectivity index (χ0n) is 8.45. The van der Waals surface area contributed by atoms with E-state index in [1.165, 1.54) is 0 Å². The van der Waals surface area contributed by atoms with Crippen LogP contribution < -0.4 is 0 Å². The predicted octanol–water partition coefficient (Wildman–Crippen LogP) is 2.20. The highest BCUT2D eigenvalue weighted by atomic mass is 79.9. The Hall–Kier alpha value is -0.790. The molecular weight excluding hydrogens is 305 g/mol. The van der Waals surface area contributed by atoms with Crippen LogP contribution in [0.15, 0.2) is 18.2 Å². The number of aliphatic hydroxyl groups excluding tert-OH is 2. The normalized spacial score (nSPS) is 15.6. The van der Waals surface area contributed by atoms with Crippen LogP contribution in [0.3, 0.4) is 0 Å². The van der Waals surface area contributed by atoms with Crippen molar-refractivity contribution in [2.75, 3.05) is 5.33 Å². The molecule has 3 N–H and O–H groups in total. The first-order valence-corrected chi connectivity index (χ1v) is 5.71. The van der Waals surface area contributed by atoms with Crippen molar-refractivity contribution in [2.45, 2.75) is 18.4 Å². The Morgan fingerprint density at radius 1 is 1.24 bits per heavy atom. The van der Waals surface area contributed by atoms with Crippen LogP contribution in [-0.4, -0.2) is 26.8 Å². The summed E-state index contributed by atoms with van der Waals surface area (Å²) in [6.45, 7) is 0. The van der Waals surface area contributed by atoms with Crippen molar-refractivity contribution in [3.05, 3.63) is 29.3 Å². The van der Waals surface area contributed by atoms with Crippen molar-refractivity contribution in [1.82, 2.24) is 0 Å². The van der Waals surface area contributed by atoms with E-state index in [0.717, 1.165) is 6.07 Å². The summed E-state index contributed by atoms with van der Waals surface area (Å²) in [5, 5.41) is 28.2. The standard InChI is InChI=1S/C10H10BrF3O3/c11-4-8(16)9(17)6-3-5(10(12,13)14)1-2-7(6)15/h1-3,8-9,15-17H,4H2. The van der Waals surface area contributed by atoms with Gasteiger partial charge in [0.15, 0.2) is 0 Å². The number of hydrogen-bond donors (Lipinski definition) is 3. The highest BCUT2D eigenvalue weighted by Gasteiger charge is 2.32. The Morgan fingerprint density at radius 2 is 1.82 bits per heavy atom. The third-order valence-electron chi connectivity index (χ3n) is 2.20. The van der Waals surface area contributed by atoms with E-state index in [-0.39, 0.29) is 10.9 Å².